The minimum Gasteiger partial charge on any atom is -0.486 e. The van der Waals surface area contributed by atoms with Gasteiger partial charge in [-0.3, -0.25) is 0 Å². The van der Waals surface area contributed by atoms with Gasteiger partial charge >= 0.3 is 5.97 Å². The molecule has 0 amide bonds. The zero-order valence-corrected chi connectivity index (χ0v) is 8.99. The van der Waals surface area contributed by atoms with Gasteiger partial charge < -0.3 is 19.9 Å². The van der Waals surface area contributed by atoms with Crippen LogP contribution in [-0.2, 0) is 4.74 Å². The Kier molecular flexibility index (Phi) is 2.85. The molecule has 2 N–H and O–H groups in total. The molecule has 86 valence electrons. The molecular formula is C11H13NO4. The summed E-state index contributed by atoms with van der Waals surface area (Å²) in [5.41, 5.74) is 6.41. The molecule has 1 aromatic carbocycles. The highest BCUT2D eigenvalue weighted by atomic mass is 16.6. The van der Waals surface area contributed by atoms with Crippen molar-refractivity contribution in [1.29, 1.82) is 0 Å². The van der Waals surface area contributed by atoms with Crippen LogP contribution in [0.5, 0.6) is 11.5 Å². The van der Waals surface area contributed by atoms with Gasteiger partial charge in [0.1, 0.15) is 13.2 Å². The van der Waals surface area contributed by atoms with E-state index in [1.165, 1.54) is 0 Å². The van der Waals surface area contributed by atoms with E-state index >= 15 is 0 Å². The lowest BCUT2D eigenvalue weighted by Crippen LogP contribution is -2.18. The van der Waals surface area contributed by atoms with E-state index in [0.717, 1.165) is 0 Å². The number of esters is 1. The summed E-state index contributed by atoms with van der Waals surface area (Å²) in [6.07, 6.45) is 0. The number of nitrogens with two attached hydrogens (primary N) is 1. The van der Waals surface area contributed by atoms with E-state index in [2.05, 4.69) is 0 Å². The van der Waals surface area contributed by atoms with E-state index in [4.69, 9.17) is 19.9 Å². The summed E-state index contributed by atoms with van der Waals surface area (Å²) in [5.74, 6) is 0.547. The fourth-order valence-corrected chi connectivity index (χ4v) is 1.52. The molecule has 0 unspecified atom stereocenters. The number of ether oxygens (including phenoxy) is 3. The van der Waals surface area contributed by atoms with Crippen molar-refractivity contribution in [1.82, 2.24) is 0 Å². The van der Waals surface area contributed by atoms with Crippen LogP contribution in [0.1, 0.15) is 17.3 Å². The Morgan fingerprint density at radius 3 is 2.94 bits per heavy atom. The molecule has 1 aromatic rings. The predicted molar refractivity (Wildman–Crippen MR) is 57.8 cm³/mol. The third-order valence-corrected chi connectivity index (χ3v) is 2.24. The number of benzene rings is 1. The number of fused-ring (bicyclic) bond motifs is 1. The number of anilines is 1. The first-order valence-corrected chi connectivity index (χ1v) is 5.09. The molecule has 0 aliphatic carbocycles. The molecule has 0 atom stereocenters. The normalized spacial score (nSPS) is 13.3. The van der Waals surface area contributed by atoms with Gasteiger partial charge in [-0.2, -0.15) is 0 Å². The van der Waals surface area contributed by atoms with Crippen molar-refractivity contribution in [3.8, 4) is 11.5 Å². The fraction of sp³-hybridized carbons (Fsp3) is 0.364. The maximum absolute atomic E-state index is 11.6. The minimum absolute atomic E-state index is 0.274. The lowest BCUT2D eigenvalue weighted by atomic mass is 10.1. The number of carbonyl (C=O) groups is 1. The van der Waals surface area contributed by atoms with Gasteiger partial charge in [-0.15, -0.1) is 0 Å². The number of hydrogen-bond donors (Lipinski definition) is 1. The highest BCUT2D eigenvalue weighted by molar-refractivity contribution is 5.97. The van der Waals surface area contributed by atoms with Crippen LogP contribution in [0.3, 0.4) is 0 Å². The molecule has 0 aromatic heterocycles. The van der Waals surface area contributed by atoms with E-state index < -0.39 is 5.97 Å². The van der Waals surface area contributed by atoms with Gasteiger partial charge in [-0.05, 0) is 19.1 Å². The Hall–Kier alpha value is -1.91. The van der Waals surface area contributed by atoms with E-state index in [-0.39, 0.29) is 5.69 Å². The van der Waals surface area contributed by atoms with E-state index in [9.17, 15) is 4.79 Å². The maximum Gasteiger partial charge on any atom is 0.340 e. The second kappa shape index (κ2) is 4.30. The molecule has 0 radical (unpaired) electrons. The maximum atomic E-state index is 11.6. The first kappa shape index (κ1) is 10.6. The largest absolute Gasteiger partial charge is 0.486 e. The second-order valence-corrected chi connectivity index (χ2v) is 3.27. The van der Waals surface area contributed by atoms with Crippen LogP contribution in [-0.4, -0.2) is 25.8 Å². The van der Waals surface area contributed by atoms with Gasteiger partial charge in [0.05, 0.1) is 17.9 Å². The number of hydrogen-bond acceptors (Lipinski definition) is 5. The molecule has 0 bridgehead atoms. The van der Waals surface area contributed by atoms with Gasteiger partial charge in [-0.1, -0.05) is 0 Å². The van der Waals surface area contributed by atoms with E-state index in [0.29, 0.717) is 36.9 Å². The summed E-state index contributed by atoms with van der Waals surface area (Å²) in [4.78, 5) is 11.6. The smallest absolute Gasteiger partial charge is 0.340 e. The summed E-state index contributed by atoms with van der Waals surface area (Å²) in [6.45, 7) is 2.98. The first-order valence-electron chi connectivity index (χ1n) is 5.09. The van der Waals surface area contributed by atoms with Crippen LogP contribution >= 0.6 is 0 Å². The fourth-order valence-electron chi connectivity index (χ4n) is 1.52. The number of rotatable bonds is 2. The number of nitrogen functional groups attached to an aromatic ring is 1. The average molecular weight is 223 g/mol. The van der Waals surface area contributed by atoms with Crippen LogP contribution in [0, 0.1) is 0 Å². The lowest BCUT2D eigenvalue weighted by molar-refractivity contribution is 0.0526. The molecule has 16 heavy (non-hydrogen) atoms. The van der Waals surface area contributed by atoms with Crippen molar-refractivity contribution in [2.45, 2.75) is 6.92 Å². The molecule has 0 fully saturated rings. The standard InChI is InChI=1S/C11H13NO4/c1-2-14-11(13)7-3-4-8-10(9(7)12)16-6-5-15-8/h3-4H,2,5-6,12H2,1H3. The van der Waals surface area contributed by atoms with Gasteiger partial charge in [0, 0.05) is 0 Å². The van der Waals surface area contributed by atoms with Crippen molar-refractivity contribution < 1.29 is 19.0 Å². The van der Waals surface area contributed by atoms with Crippen LogP contribution in [0.4, 0.5) is 5.69 Å². The molecule has 1 aliphatic heterocycles. The minimum atomic E-state index is -0.447. The third-order valence-electron chi connectivity index (χ3n) is 2.24. The Balaban J connectivity index is 2.37. The molecule has 0 saturated carbocycles. The summed E-state index contributed by atoms with van der Waals surface area (Å²) in [7, 11) is 0. The summed E-state index contributed by atoms with van der Waals surface area (Å²) < 4.78 is 15.6. The summed E-state index contributed by atoms with van der Waals surface area (Å²) in [6, 6.07) is 3.25. The van der Waals surface area contributed by atoms with Crippen molar-refractivity contribution >= 4 is 11.7 Å². The SMILES string of the molecule is CCOC(=O)c1ccc2c(c1N)OCCO2. The van der Waals surface area contributed by atoms with E-state index in [1.54, 1.807) is 19.1 Å². The van der Waals surface area contributed by atoms with Crippen LogP contribution in [0.2, 0.25) is 0 Å². The zero-order chi connectivity index (χ0) is 11.5. The summed E-state index contributed by atoms with van der Waals surface area (Å²) in [5, 5.41) is 0. The van der Waals surface area contributed by atoms with Gasteiger partial charge in [-0.25, -0.2) is 4.79 Å². The Bertz CT molecular complexity index is 417. The van der Waals surface area contributed by atoms with E-state index in [1.807, 2.05) is 0 Å². The molecule has 0 spiro atoms. The van der Waals surface area contributed by atoms with Gasteiger partial charge in [0.15, 0.2) is 11.5 Å². The highest BCUT2D eigenvalue weighted by Crippen LogP contribution is 2.38. The molecule has 1 heterocycles. The van der Waals surface area contributed by atoms with Crippen molar-refractivity contribution in [2.75, 3.05) is 25.6 Å². The molecule has 5 heteroatoms. The topological polar surface area (TPSA) is 70.8 Å². The van der Waals surface area contributed by atoms with Crippen molar-refractivity contribution in [3.63, 3.8) is 0 Å². The van der Waals surface area contributed by atoms with Crippen LogP contribution in [0.15, 0.2) is 12.1 Å². The average Bonchev–Trinajstić information content (AvgIpc) is 2.30. The Morgan fingerprint density at radius 1 is 1.44 bits per heavy atom. The zero-order valence-electron chi connectivity index (χ0n) is 8.99. The summed E-state index contributed by atoms with van der Waals surface area (Å²) >= 11 is 0. The molecule has 0 saturated heterocycles. The second-order valence-electron chi connectivity index (χ2n) is 3.27. The first-order chi connectivity index (χ1) is 7.74. The third kappa shape index (κ3) is 1.76. The van der Waals surface area contributed by atoms with Crippen molar-refractivity contribution in [3.05, 3.63) is 17.7 Å². The Labute approximate surface area is 93.1 Å². The lowest BCUT2D eigenvalue weighted by Gasteiger charge is -2.20. The predicted octanol–water partition coefficient (Wildman–Crippen LogP) is 1.22. The quantitative estimate of drug-likeness (QED) is 0.603. The van der Waals surface area contributed by atoms with Crippen molar-refractivity contribution in [2.24, 2.45) is 0 Å². The molecule has 5 nitrogen and oxygen atoms in total. The monoisotopic (exact) mass is 223 g/mol. The molecule has 2 rings (SSSR count). The van der Waals surface area contributed by atoms with Gasteiger partial charge in [0.2, 0.25) is 0 Å². The van der Waals surface area contributed by atoms with Gasteiger partial charge in [0.25, 0.3) is 0 Å². The molecule has 1 aliphatic rings. The Morgan fingerprint density at radius 2 is 2.19 bits per heavy atom. The molecular weight excluding hydrogens is 210 g/mol. The van der Waals surface area contributed by atoms with Crippen LogP contribution < -0.4 is 15.2 Å². The highest BCUT2D eigenvalue weighted by Gasteiger charge is 2.21. The number of carbonyl (C=O) groups excluding carboxylic acids is 1. The van der Waals surface area contributed by atoms with Crippen LogP contribution in [0.25, 0.3) is 0 Å².